The van der Waals surface area contributed by atoms with E-state index in [1.807, 2.05) is 18.2 Å². The van der Waals surface area contributed by atoms with Gasteiger partial charge in [0.25, 0.3) is 0 Å². The highest BCUT2D eigenvalue weighted by molar-refractivity contribution is 7.90. The smallest absolute Gasteiger partial charge is 0.148 e. The maximum Gasteiger partial charge on any atom is 0.148 e. The monoisotopic (exact) mass is 283 g/mol. The zero-order chi connectivity index (χ0) is 13.9. The first-order chi connectivity index (χ1) is 8.99. The van der Waals surface area contributed by atoms with Gasteiger partial charge in [-0.1, -0.05) is 18.2 Å². The average molecular weight is 283 g/mol. The van der Waals surface area contributed by atoms with E-state index in [4.69, 9.17) is 4.74 Å². The lowest BCUT2D eigenvalue weighted by molar-refractivity contribution is 0.288. The summed E-state index contributed by atoms with van der Waals surface area (Å²) in [6, 6.07) is 8.53. The zero-order valence-electron chi connectivity index (χ0n) is 11.4. The third kappa shape index (κ3) is 3.94. The van der Waals surface area contributed by atoms with E-state index in [1.165, 1.54) is 11.8 Å². The molecule has 1 aliphatic rings. The largest absolute Gasteiger partial charge is 0.496 e. The minimum absolute atomic E-state index is 0.211. The maximum absolute atomic E-state index is 11.0. The quantitative estimate of drug-likeness (QED) is 0.861. The number of benzene rings is 1. The molecular weight excluding hydrogens is 262 g/mol. The van der Waals surface area contributed by atoms with Crippen LogP contribution in [0.25, 0.3) is 0 Å². The van der Waals surface area contributed by atoms with Gasteiger partial charge in [0.2, 0.25) is 0 Å². The van der Waals surface area contributed by atoms with Gasteiger partial charge in [-0.2, -0.15) is 0 Å². The van der Waals surface area contributed by atoms with Crippen molar-refractivity contribution in [3.63, 3.8) is 0 Å². The summed E-state index contributed by atoms with van der Waals surface area (Å²) in [6.07, 6.45) is 3.36. The van der Waals surface area contributed by atoms with Gasteiger partial charge in [0.15, 0.2) is 0 Å². The van der Waals surface area contributed by atoms with Crippen molar-refractivity contribution in [2.45, 2.75) is 24.8 Å². The number of para-hydroxylation sites is 1. The van der Waals surface area contributed by atoms with Crippen LogP contribution < -0.4 is 10.1 Å². The van der Waals surface area contributed by atoms with Gasteiger partial charge in [0, 0.05) is 18.8 Å². The molecule has 0 unspecified atom stereocenters. The topological polar surface area (TPSA) is 55.4 Å². The van der Waals surface area contributed by atoms with Crippen LogP contribution in [0.2, 0.25) is 0 Å². The van der Waals surface area contributed by atoms with Gasteiger partial charge >= 0.3 is 0 Å². The minimum Gasteiger partial charge on any atom is -0.496 e. The molecule has 5 heteroatoms. The molecule has 1 aromatic rings. The number of ether oxygens (including phenoxy) is 1. The standard InChI is InChI=1S/C14H21NO3S/c1-18-14-6-4-3-5-13(14)11-9-12(10-11)15-7-8-19(2,16)17/h3-6,11-12,15H,7-10H2,1-2H3. The molecule has 4 nitrogen and oxygen atoms in total. The molecule has 1 fully saturated rings. The molecule has 1 N–H and O–H groups in total. The molecule has 1 aromatic carbocycles. The Hall–Kier alpha value is -1.07. The fourth-order valence-corrected chi connectivity index (χ4v) is 2.98. The number of sulfone groups is 1. The molecule has 2 rings (SSSR count). The fraction of sp³-hybridized carbons (Fsp3) is 0.571. The molecule has 0 heterocycles. The number of methoxy groups -OCH3 is 1. The normalized spacial score (nSPS) is 22.8. The first-order valence-corrected chi connectivity index (χ1v) is 8.59. The Morgan fingerprint density at radius 1 is 1.32 bits per heavy atom. The van der Waals surface area contributed by atoms with Gasteiger partial charge in [-0.25, -0.2) is 8.42 Å². The highest BCUT2D eigenvalue weighted by atomic mass is 32.2. The summed E-state index contributed by atoms with van der Waals surface area (Å²) in [4.78, 5) is 0. The van der Waals surface area contributed by atoms with Gasteiger partial charge in [-0.15, -0.1) is 0 Å². The molecule has 0 amide bonds. The number of hydrogen-bond acceptors (Lipinski definition) is 4. The van der Waals surface area contributed by atoms with E-state index in [9.17, 15) is 8.42 Å². The lowest BCUT2D eigenvalue weighted by Crippen LogP contribution is -2.42. The van der Waals surface area contributed by atoms with Crippen molar-refractivity contribution in [2.75, 3.05) is 25.7 Å². The van der Waals surface area contributed by atoms with Gasteiger partial charge in [0.05, 0.1) is 12.9 Å². The molecule has 19 heavy (non-hydrogen) atoms. The zero-order valence-corrected chi connectivity index (χ0v) is 12.2. The second-order valence-electron chi connectivity index (χ2n) is 5.19. The van der Waals surface area contributed by atoms with Crippen LogP contribution in [0.15, 0.2) is 24.3 Å². The van der Waals surface area contributed by atoms with Gasteiger partial charge in [0.1, 0.15) is 15.6 Å². The summed E-state index contributed by atoms with van der Waals surface area (Å²) in [6.45, 7) is 0.544. The van der Waals surface area contributed by atoms with Crippen LogP contribution in [0.4, 0.5) is 0 Å². The van der Waals surface area contributed by atoms with Crippen molar-refractivity contribution in [1.82, 2.24) is 5.32 Å². The first kappa shape index (κ1) is 14.3. The predicted molar refractivity (Wildman–Crippen MR) is 76.5 cm³/mol. The molecule has 0 aromatic heterocycles. The molecule has 1 saturated carbocycles. The Bertz CT molecular complexity index is 521. The second kappa shape index (κ2) is 5.92. The Morgan fingerprint density at radius 2 is 2.00 bits per heavy atom. The Morgan fingerprint density at radius 3 is 2.63 bits per heavy atom. The van der Waals surface area contributed by atoms with E-state index in [1.54, 1.807) is 7.11 Å². The summed E-state index contributed by atoms with van der Waals surface area (Å²) < 4.78 is 27.4. The van der Waals surface area contributed by atoms with Crippen LogP contribution in [-0.2, 0) is 9.84 Å². The molecule has 1 aliphatic carbocycles. The van der Waals surface area contributed by atoms with E-state index >= 15 is 0 Å². The van der Waals surface area contributed by atoms with E-state index < -0.39 is 9.84 Å². The number of rotatable bonds is 6. The van der Waals surface area contributed by atoms with Crippen molar-refractivity contribution in [3.8, 4) is 5.75 Å². The second-order valence-corrected chi connectivity index (χ2v) is 7.45. The SMILES string of the molecule is COc1ccccc1C1CC(NCCS(C)(=O)=O)C1. The number of hydrogen-bond donors (Lipinski definition) is 1. The van der Waals surface area contributed by atoms with Crippen molar-refractivity contribution < 1.29 is 13.2 Å². The van der Waals surface area contributed by atoms with Crippen molar-refractivity contribution in [3.05, 3.63) is 29.8 Å². The van der Waals surface area contributed by atoms with Crippen molar-refractivity contribution in [1.29, 1.82) is 0 Å². The van der Waals surface area contributed by atoms with Crippen molar-refractivity contribution >= 4 is 9.84 Å². The highest BCUT2D eigenvalue weighted by Crippen LogP contribution is 2.40. The van der Waals surface area contributed by atoms with Crippen LogP contribution in [0.3, 0.4) is 0 Å². The average Bonchev–Trinajstić information content (AvgIpc) is 2.31. The van der Waals surface area contributed by atoms with Crippen molar-refractivity contribution in [2.24, 2.45) is 0 Å². The van der Waals surface area contributed by atoms with E-state index in [0.29, 0.717) is 18.5 Å². The highest BCUT2D eigenvalue weighted by Gasteiger charge is 2.31. The summed E-state index contributed by atoms with van der Waals surface area (Å²) in [5.41, 5.74) is 1.26. The molecule has 0 radical (unpaired) electrons. The number of nitrogens with one attached hydrogen (secondary N) is 1. The molecular formula is C14H21NO3S. The summed E-state index contributed by atoms with van der Waals surface area (Å²) in [5, 5.41) is 3.29. The molecule has 0 spiro atoms. The first-order valence-electron chi connectivity index (χ1n) is 6.53. The molecule has 0 atom stereocenters. The van der Waals surface area contributed by atoms with Crippen LogP contribution in [0.1, 0.15) is 24.3 Å². The van der Waals surface area contributed by atoms with Crippen LogP contribution in [0, 0.1) is 0 Å². The van der Waals surface area contributed by atoms with Crippen LogP contribution >= 0.6 is 0 Å². The predicted octanol–water partition coefficient (Wildman–Crippen LogP) is 1.58. The minimum atomic E-state index is -2.86. The maximum atomic E-state index is 11.0. The van der Waals surface area contributed by atoms with Gasteiger partial charge < -0.3 is 10.1 Å². The molecule has 0 aliphatic heterocycles. The summed E-state index contributed by atoms with van der Waals surface area (Å²) >= 11 is 0. The van der Waals surface area contributed by atoms with Gasteiger partial charge in [-0.05, 0) is 30.4 Å². The van der Waals surface area contributed by atoms with Crippen LogP contribution in [0.5, 0.6) is 5.75 Å². The van der Waals surface area contributed by atoms with Crippen LogP contribution in [-0.4, -0.2) is 40.1 Å². The van der Waals surface area contributed by atoms with E-state index in [2.05, 4.69) is 11.4 Å². The van der Waals surface area contributed by atoms with Gasteiger partial charge in [-0.3, -0.25) is 0 Å². The molecule has 0 saturated heterocycles. The fourth-order valence-electron chi connectivity index (χ4n) is 2.49. The third-order valence-electron chi connectivity index (χ3n) is 3.62. The van der Waals surface area contributed by atoms with E-state index in [-0.39, 0.29) is 5.75 Å². The van der Waals surface area contributed by atoms with E-state index in [0.717, 1.165) is 18.6 Å². The molecule has 106 valence electrons. The lowest BCUT2D eigenvalue weighted by Gasteiger charge is -2.37. The Labute approximate surface area is 115 Å². The summed E-state index contributed by atoms with van der Waals surface area (Å²) in [5.74, 6) is 1.68. The Kier molecular flexibility index (Phi) is 4.47. The summed E-state index contributed by atoms with van der Waals surface area (Å²) in [7, 11) is -1.17. The Balaban J connectivity index is 1.80. The molecule has 0 bridgehead atoms. The third-order valence-corrected chi connectivity index (χ3v) is 4.57. The lowest BCUT2D eigenvalue weighted by atomic mass is 9.75.